The highest BCUT2D eigenvalue weighted by atomic mass is 32.1. The van der Waals surface area contributed by atoms with Crippen LogP contribution in [0.3, 0.4) is 0 Å². The van der Waals surface area contributed by atoms with E-state index in [-0.39, 0.29) is 10.6 Å². The van der Waals surface area contributed by atoms with E-state index >= 15 is 0 Å². The predicted octanol–water partition coefficient (Wildman–Crippen LogP) is 2.96. The van der Waals surface area contributed by atoms with Crippen LogP contribution >= 0.6 is 11.3 Å². The quantitative estimate of drug-likeness (QED) is 0.674. The highest BCUT2D eigenvalue weighted by Crippen LogP contribution is 2.23. The molecule has 0 fully saturated rings. The fourth-order valence-electron chi connectivity index (χ4n) is 1.94. The Bertz CT molecular complexity index is 582. The van der Waals surface area contributed by atoms with Crippen LogP contribution in [0.1, 0.15) is 21.7 Å². The first-order valence-electron chi connectivity index (χ1n) is 5.92. The zero-order chi connectivity index (χ0) is 13.8. The van der Waals surface area contributed by atoms with Gasteiger partial charge in [-0.05, 0) is 25.3 Å². The lowest BCUT2D eigenvalue weighted by molar-refractivity contribution is -0.386. The maximum Gasteiger partial charge on any atom is 0.278 e. The minimum atomic E-state index is -0.338. The molecule has 5 nitrogen and oxygen atoms in total. The number of nitro groups is 1. The zero-order valence-electron chi connectivity index (χ0n) is 10.8. The summed E-state index contributed by atoms with van der Waals surface area (Å²) in [6.45, 7) is 4.74. The van der Waals surface area contributed by atoms with E-state index in [0.29, 0.717) is 17.7 Å². The van der Waals surface area contributed by atoms with E-state index in [9.17, 15) is 10.1 Å². The molecule has 0 radical (unpaired) electrons. The number of thiophene rings is 1. The molecule has 0 bridgehead atoms. The van der Waals surface area contributed by atoms with E-state index in [1.165, 1.54) is 4.88 Å². The van der Waals surface area contributed by atoms with Gasteiger partial charge in [-0.2, -0.15) is 0 Å². The summed E-state index contributed by atoms with van der Waals surface area (Å²) >= 11 is 1.68. The summed E-state index contributed by atoms with van der Waals surface area (Å²) in [4.78, 5) is 16.2. The molecule has 0 atom stereocenters. The van der Waals surface area contributed by atoms with Crippen molar-refractivity contribution in [2.45, 2.75) is 26.9 Å². The van der Waals surface area contributed by atoms with Gasteiger partial charge in [0.25, 0.3) is 5.69 Å². The fourth-order valence-corrected chi connectivity index (χ4v) is 2.62. The Kier molecular flexibility index (Phi) is 4.24. The van der Waals surface area contributed by atoms with Crippen molar-refractivity contribution in [3.63, 3.8) is 0 Å². The van der Waals surface area contributed by atoms with Crippen molar-refractivity contribution in [3.05, 3.63) is 55.5 Å². The molecule has 6 heteroatoms. The van der Waals surface area contributed by atoms with E-state index in [1.807, 2.05) is 11.4 Å². The van der Waals surface area contributed by atoms with Gasteiger partial charge in [-0.1, -0.05) is 6.07 Å². The van der Waals surface area contributed by atoms with Crippen LogP contribution in [0.25, 0.3) is 0 Å². The summed E-state index contributed by atoms with van der Waals surface area (Å²) in [6.07, 6.45) is 1.56. The molecule has 0 spiro atoms. The van der Waals surface area contributed by atoms with Crippen LogP contribution in [0.2, 0.25) is 0 Å². The molecule has 2 rings (SSSR count). The molecule has 2 aromatic heterocycles. The van der Waals surface area contributed by atoms with E-state index in [4.69, 9.17) is 0 Å². The van der Waals surface area contributed by atoms with Crippen molar-refractivity contribution < 1.29 is 4.92 Å². The number of aromatic nitrogens is 1. The van der Waals surface area contributed by atoms with Gasteiger partial charge in [0.05, 0.1) is 10.6 Å². The lowest BCUT2D eigenvalue weighted by Gasteiger charge is -2.08. The van der Waals surface area contributed by atoms with Gasteiger partial charge in [0, 0.05) is 35.3 Å². The molecule has 2 heterocycles. The number of hydrogen-bond acceptors (Lipinski definition) is 5. The molecule has 0 saturated carbocycles. The molecule has 100 valence electrons. The minimum absolute atomic E-state index is 0.169. The summed E-state index contributed by atoms with van der Waals surface area (Å²) in [6, 6.07) is 4.05. The van der Waals surface area contributed by atoms with Crippen molar-refractivity contribution in [1.29, 1.82) is 0 Å². The van der Waals surface area contributed by atoms with Gasteiger partial charge in [0.2, 0.25) is 0 Å². The molecule has 0 aliphatic rings. The van der Waals surface area contributed by atoms with Crippen LogP contribution in [-0.2, 0) is 13.1 Å². The number of hydrogen-bond donors (Lipinski definition) is 1. The monoisotopic (exact) mass is 277 g/mol. The number of aryl methyl sites for hydroxylation is 1. The van der Waals surface area contributed by atoms with Crippen LogP contribution < -0.4 is 5.32 Å². The number of rotatable bonds is 5. The number of nitrogens with one attached hydrogen (secondary N) is 1. The molecule has 0 aliphatic carbocycles. The Labute approximate surface area is 115 Å². The number of nitrogens with zero attached hydrogens (tertiary/aromatic N) is 2. The normalized spacial score (nSPS) is 10.6. The second kappa shape index (κ2) is 5.90. The van der Waals surface area contributed by atoms with Crippen molar-refractivity contribution in [2.75, 3.05) is 0 Å². The molecule has 19 heavy (non-hydrogen) atoms. The second-order valence-electron chi connectivity index (χ2n) is 4.30. The largest absolute Gasteiger partial charge is 0.306 e. The summed E-state index contributed by atoms with van der Waals surface area (Å²) in [5.74, 6) is 0. The van der Waals surface area contributed by atoms with E-state index in [1.54, 1.807) is 31.4 Å². The summed E-state index contributed by atoms with van der Waals surface area (Å²) < 4.78 is 0. The Morgan fingerprint density at radius 2 is 2.21 bits per heavy atom. The van der Waals surface area contributed by atoms with Crippen molar-refractivity contribution >= 4 is 17.0 Å². The third kappa shape index (κ3) is 3.15. The third-order valence-corrected chi connectivity index (χ3v) is 3.81. The third-order valence-electron chi connectivity index (χ3n) is 2.93. The highest BCUT2D eigenvalue weighted by Gasteiger charge is 2.18. The molecular formula is C13H15N3O2S. The van der Waals surface area contributed by atoms with E-state index in [2.05, 4.69) is 16.4 Å². The molecule has 0 saturated heterocycles. The van der Waals surface area contributed by atoms with Crippen LogP contribution in [0.15, 0.2) is 23.7 Å². The van der Waals surface area contributed by atoms with Crippen molar-refractivity contribution in [1.82, 2.24) is 10.3 Å². The molecule has 2 aromatic rings. The maximum atomic E-state index is 11.0. The first-order valence-corrected chi connectivity index (χ1v) is 6.80. The smallest absolute Gasteiger partial charge is 0.278 e. The van der Waals surface area contributed by atoms with Crippen LogP contribution in [0, 0.1) is 24.0 Å². The molecule has 1 N–H and O–H groups in total. The summed E-state index contributed by atoms with van der Waals surface area (Å²) in [5.41, 5.74) is 2.14. The standard InChI is InChI=1S/C13H15N3O2S/c1-9-6-15-12(10(2)13(9)16(17)18)8-14-7-11-4-3-5-19-11/h3-6,14H,7-8H2,1-2H3. The van der Waals surface area contributed by atoms with Crippen LogP contribution in [0.4, 0.5) is 5.69 Å². The first kappa shape index (κ1) is 13.6. The van der Waals surface area contributed by atoms with Gasteiger partial charge in [-0.3, -0.25) is 15.1 Å². The average Bonchev–Trinajstić information content (AvgIpc) is 2.85. The van der Waals surface area contributed by atoms with Gasteiger partial charge < -0.3 is 5.32 Å². The fraction of sp³-hybridized carbons (Fsp3) is 0.308. The SMILES string of the molecule is Cc1cnc(CNCc2cccs2)c(C)c1[N+](=O)[O-]. The Balaban J connectivity index is 2.08. The Morgan fingerprint density at radius 3 is 2.84 bits per heavy atom. The molecule has 0 amide bonds. The molecule has 0 aromatic carbocycles. The summed E-state index contributed by atoms with van der Waals surface area (Å²) in [5, 5.41) is 16.3. The van der Waals surface area contributed by atoms with E-state index in [0.717, 1.165) is 12.2 Å². The van der Waals surface area contributed by atoms with Crippen LogP contribution in [-0.4, -0.2) is 9.91 Å². The van der Waals surface area contributed by atoms with E-state index < -0.39 is 0 Å². The van der Waals surface area contributed by atoms with Gasteiger partial charge in [0.15, 0.2) is 0 Å². The Hall–Kier alpha value is -1.79. The average molecular weight is 277 g/mol. The minimum Gasteiger partial charge on any atom is -0.306 e. The topological polar surface area (TPSA) is 68.1 Å². The van der Waals surface area contributed by atoms with Crippen LogP contribution in [0.5, 0.6) is 0 Å². The lowest BCUT2D eigenvalue weighted by Crippen LogP contribution is -2.15. The number of pyridine rings is 1. The van der Waals surface area contributed by atoms with Gasteiger partial charge >= 0.3 is 0 Å². The second-order valence-corrected chi connectivity index (χ2v) is 5.33. The van der Waals surface area contributed by atoms with Crippen molar-refractivity contribution in [2.24, 2.45) is 0 Å². The van der Waals surface area contributed by atoms with Crippen molar-refractivity contribution in [3.8, 4) is 0 Å². The maximum absolute atomic E-state index is 11.0. The first-order chi connectivity index (χ1) is 9.09. The highest BCUT2D eigenvalue weighted by molar-refractivity contribution is 7.09. The van der Waals surface area contributed by atoms with Gasteiger partial charge in [-0.25, -0.2) is 0 Å². The zero-order valence-corrected chi connectivity index (χ0v) is 11.7. The Morgan fingerprint density at radius 1 is 1.42 bits per heavy atom. The lowest BCUT2D eigenvalue weighted by atomic mass is 10.1. The molecular weight excluding hydrogens is 262 g/mol. The van der Waals surface area contributed by atoms with Gasteiger partial charge in [-0.15, -0.1) is 11.3 Å². The summed E-state index contributed by atoms with van der Waals surface area (Å²) in [7, 11) is 0. The molecule has 0 unspecified atom stereocenters. The molecule has 0 aliphatic heterocycles. The van der Waals surface area contributed by atoms with Gasteiger partial charge in [0.1, 0.15) is 0 Å². The predicted molar refractivity (Wildman–Crippen MR) is 75.2 cm³/mol.